The van der Waals surface area contributed by atoms with E-state index in [9.17, 15) is 4.79 Å². The second-order valence-electron chi connectivity index (χ2n) is 9.80. The Morgan fingerprint density at radius 2 is 1.69 bits per heavy atom. The molecule has 1 N–H and O–H groups in total. The van der Waals surface area contributed by atoms with Crippen molar-refractivity contribution in [2.75, 3.05) is 6.61 Å². The Labute approximate surface area is 160 Å². The van der Waals surface area contributed by atoms with E-state index >= 15 is 0 Å². The third-order valence-corrected chi connectivity index (χ3v) is 8.26. The summed E-state index contributed by atoms with van der Waals surface area (Å²) in [5.74, 6) is 3.15. The summed E-state index contributed by atoms with van der Waals surface area (Å²) in [6, 6.07) is 1.05. The molecule has 4 aliphatic rings. The highest BCUT2D eigenvalue weighted by molar-refractivity contribution is 5.74. The number of rotatable bonds is 5. The fraction of sp³-hybridized carbons (Fsp3) is 0.957. The number of piperidine rings is 1. The first-order valence-corrected chi connectivity index (χ1v) is 11.7. The van der Waals surface area contributed by atoms with Crippen LogP contribution in [0.3, 0.4) is 0 Å². The van der Waals surface area contributed by atoms with Gasteiger partial charge in [0.1, 0.15) is 0 Å². The van der Waals surface area contributed by atoms with Gasteiger partial charge in [0, 0.05) is 12.1 Å². The minimum atomic E-state index is 0.125. The van der Waals surface area contributed by atoms with Gasteiger partial charge in [-0.15, -0.1) is 0 Å². The summed E-state index contributed by atoms with van der Waals surface area (Å²) in [5.41, 5.74) is 0. The minimum absolute atomic E-state index is 0.125. The number of carbonyl (C=O) groups is 1. The van der Waals surface area contributed by atoms with Gasteiger partial charge < -0.3 is 10.1 Å². The van der Waals surface area contributed by atoms with Crippen molar-refractivity contribution in [2.24, 2.45) is 29.6 Å². The molecule has 3 nitrogen and oxygen atoms in total. The van der Waals surface area contributed by atoms with Gasteiger partial charge in [0.15, 0.2) is 0 Å². The van der Waals surface area contributed by atoms with Gasteiger partial charge in [0.05, 0.1) is 12.5 Å². The van der Waals surface area contributed by atoms with Gasteiger partial charge in [0.2, 0.25) is 0 Å². The molecule has 4 atom stereocenters. The zero-order valence-electron chi connectivity index (χ0n) is 16.8. The maximum absolute atomic E-state index is 13.1. The molecule has 148 valence electrons. The van der Waals surface area contributed by atoms with Crippen LogP contribution >= 0.6 is 0 Å². The summed E-state index contributed by atoms with van der Waals surface area (Å²) in [4.78, 5) is 13.1. The molecule has 2 aliphatic carbocycles. The number of carbonyl (C=O) groups excluding carboxylic acids is 1. The van der Waals surface area contributed by atoms with Crippen molar-refractivity contribution in [3.63, 3.8) is 0 Å². The van der Waals surface area contributed by atoms with Gasteiger partial charge in [-0.2, -0.15) is 0 Å². The van der Waals surface area contributed by atoms with E-state index in [1.54, 1.807) is 0 Å². The molecule has 0 aromatic heterocycles. The standard InChI is InChI=1S/C23H39NO2/c1-2-16-8-10-18(11-9-16)20-14-19-12-13-21(24-19)22(20)23(25)26-15-17-6-4-3-5-7-17/h16-22,24H,2-15H2,1H3/t16?,18?,19?,20-,21?,22?/m1/s1. The molecule has 4 rings (SSSR count). The van der Waals surface area contributed by atoms with Crippen molar-refractivity contribution >= 4 is 5.97 Å². The maximum Gasteiger partial charge on any atom is 0.310 e. The molecule has 0 aromatic carbocycles. The lowest BCUT2D eigenvalue weighted by molar-refractivity contribution is -0.156. The predicted molar refractivity (Wildman–Crippen MR) is 105 cm³/mol. The first-order valence-electron chi connectivity index (χ1n) is 11.7. The highest BCUT2D eigenvalue weighted by Crippen LogP contribution is 2.46. The number of esters is 1. The highest BCUT2D eigenvalue weighted by atomic mass is 16.5. The molecule has 3 unspecified atom stereocenters. The summed E-state index contributed by atoms with van der Waals surface area (Å²) in [6.45, 7) is 3.02. The summed E-state index contributed by atoms with van der Waals surface area (Å²) >= 11 is 0. The quantitative estimate of drug-likeness (QED) is 0.694. The Morgan fingerprint density at radius 1 is 0.923 bits per heavy atom. The molecule has 3 heteroatoms. The number of ether oxygens (including phenoxy) is 1. The predicted octanol–water partition coefficient (Wildman–Crippen LogP) is 5.08. The third-order valence-electron chi connectivity index (χ3n) is 8.26. The zero-order valence-corrected chi connectivity index (χ0v) is 16.8. The molecule has 2 aliphatic heterocycles. The normalized spacial score (nSPS) is 41.1. The van der Waals surface area contributed by atoms with Crippen LogP contribution in [0.15, 0.2) is 0 Å². The Morgan fingerprint density at radius 3 is 2.42 bits per heavy atom. The average Bonchev–Trinajstić information content (AvgIpc) is 3.07. The zero-order chi connectivity index (χ0) is 17.9. The first kappa shape index (κ1) is 18.8. The summed E-state index contributed by atoms with van der Waals surface area (Å²) in [7, 11) is 0. The van der Waals surface area contributed by atoms with Crippen LogP contribution in [0.5, 0.6) is 0 Å². The van der Waals surface area contributed by atoms with Crippen LogP contribution in [0.4, 0.5) is 0 Å². The van der Waals surface area contributed by atoms with Crippen LogP contribution in [0.2, 0.25) is 0 Å². The first-order chi connectivity index (χ1) is 12.7. The van der Waals surface area contributed by atoms with Crippen LogP contribution in [0.1, 0.15) is 90.4 Å². The average molecular weight is 362 g/mol. The van der Waals surface area contributed by atoms with E-state index < -0.39 is 0 Å². The van der Waals surface area contributed by atoms with E-state index in [0.29, 0.717) is 30.5 Å². The highest BCUT2D eigenvalue weighted by Gasteiger charge is 2.48. The van der Waals surface area contributed by atoms with Gasteiger partial charge in [-0.1, -0.05) is 45.4 Å². The van der Waals surface area contributed by atoms with Crippen LogP contribution in [0, 0.1) is 29.6 Å². The SMILES string of the molecule is CCC1CCC([C@H]2CC3CCC(N3)C2C(=O)OCC2CCCCC2)CC1. The molecule has 0 amide bonds. The lowest BCUT2D eigenvalue weighted by Gasteiger charge is -2.43. The van der Waals surface area contributed by atoms with Crippen molar-refractivity contribution in [3.05, 3.63) is 0 Å². The van der Waals surface area contributed by atoms with Crippen molar-refractivity contribution in [2.45, 2.75) is 102 Å². The van der Waals surface area contributed by atoms with Crippen molar-refractivity contribution in [1.82, 2.24) is 5.32 Å². The molecule has 2 saturated carbocycles. The molecular weight excluding hydrogens is 322 g/mol. The monoisotopic (exact) mass is 361 g/mol. The summed E-state index contributed by atoms with van der Waals surface area (Å²) in [6.07, 6.45) is 16.9. The Kier molecular flexibility index (Phi) is 6.23. The third kappa shape index (κ3) is 4.13. The number of hydrogen-bond acceptors (Lipinski definition) is 3. The van der Waals surface area contributed by atoms with E-state index in [1.165, 1.54) is 83.5 Å². The molecule has 2 bridgehead atoms. The molecule has 0 spiro atoms. The molecule has 2 heterocycles. The molecular formula is C23H39NO2. The van der Waals surface area contributed by atoms with Crippen LogP contribution < -0.4 is 5.32 Å². The number of hydrogen-bond donors (Lipinski definition) is 1. The molecule has 2 saturated heterocycles. The largest absolute Gasteiger partial charge is 0.465 e. The number of nitrogens with one attached hydrogen (secondary N) is 1. The Balaban J connectivity index is 1.38. The Bertz CT molecular complexity index is 465. The fourth-order valence-corrected chi connectivity index (χ4v) is 6.59. The van der Waals surface area contributed by atoms with E-state index in [1.807, 2.05) is 0 Å². The molecule has 4 fully saturated rings. The second-order valence-corrected chi connectivity index (χ2v) is 9.80. The van der Waals surface area contributed by atoms with Gasteiger partial charge in [-0.05, 0) is 68.6 Å². The topological polar surface area (TPSA) is 38.3 Å². The maximum atomic E-state index is 13.1. The summed E-state index contributed by atoms with van der Waals surface area (Å²) < 4.78 is 5.96. The van der Waals surface area contributed by atoms with Crippen LogP contribution in [0.25, 0.3) is 0 Å². The Hall–Kier alpha value is -0.570. The minimum Gasteiger partial charge on any atom is -0.465 e. The lowest BCUT2D eigenvalue weighted by Crippen LogP contribution is -2.51. The van der Waals surface area contributed by atoms with E-state index in [2.05, 4.69) is 12.2 Å². The second kappa shape index (κ2) is 8.63. The van der Waals surface area contributed by atoms with Crippen LogP contribution in [-0.2, 0) is 9.53 Å². The van der Waals surface area contributed by atoms with Gasteiger partial charge >= 0.3 is 5.97 Å². The summed E-state index contributed by atoms with van der Waals surface area (Å²) in [5, 5.41) is 3.75. The van der Waals surface area contributed by atoms with Crippen molar-refractivity contribution in [1.29, 1.82) is 0 Å². The van der Waals surface area contributed by atoms with E-state index in [0.717, 1.165) is 11.8 Å². The van der Waals surface area contributed by atoms with E-state index in [-0.39, 0.29) is 11.9 Å². The molecule has 26 heavy (non-hydrogen) atoms. The van der Waals surface area contributed by atoms with Crippen LogP contribution in [-0.4, -0.2) is 24.7 Å². The van der Waals surface area contributed by atoms with Gasteiger partial charge in [-0.3, -0.25) is 4.79 Å². The van der Waals surface area contributed by atoms with E-state index in [4.69, 9.17) is 4.74 Å². The van der Waals surface area contributed by atoms with Crippen molar-refractivity contribution in [3.8, 4) is 0 Å². The smallest absolute Gasteiger partial charge is 0.310 e. The fourth-order valence-electron chi connectivity index (χ4n) is 6.59. The van der Waals surface area contributed by atoms with Gasteiger partial charge in [-0.25, -0.2) is 0 Å². The molecule has 0 radical (unpaired) electrons. The van der Waals surface area contributed by atoms with Gasteiger partial charge in [0.25, 0.3) is 0 Å². The lowest BCUT2D eigenvalue weighted by atomic mass is 9.67. The van der Waals surface area contributed by atoms with Crippen molar-refractivity contribution < 1.29 is 9.53 Å². The number of fused-ring (bicyclic) bond motifs is 2. The molecule has 0 aromatic rings.